The largest absolute Gasteiger partial charge is 0.444 e. The van der Waals surface area contributed by atoms with E-state index < -0.39 is 16.4 Å². The number of ether oxygens (including phenoxy) is 2. The highest BCUT2D eigenvalue weighted by molar-refractivity contribution is 7.84. The number of nitrogens with zero attached hydrogens (tertiary/aromatic N) is 3. The molecule has 8 nitrogen and oxygen atoms in total. The van der Waals surface area contributed by atoms with Crippen molar-refractivity contribution in [1.29, 1.82) is 0 Å². The van der Waals surface area contributed by atoms with Crippen LogP contribution in [0.2, 0.25) is 0 Å². The molecule has 1 saturated heterocycles. The molecular weight excluding hydrogens is 394 g/mol. The highest BCUT2D eigenvalue weighted by Crippen LogP contribution is 2.20. The van der Waals surface area contributed by atoms with Gasteiger partial charge in [-0.05, 0) is 57.9 Å². The van der Waals surface area contributed by atoms with Crippen LogP contribution >= 0.6 is 0 Å². The third kappa shape index (κ3) is 6.11. The summed E-state index contributed by atoms with van der Waals surface area (Å²) in [4.78, 5) is 18.9. The first kappa shape index (κ1) is 21.4. The highest BCUT2D eigenvalue weighted by Gasteiger charge is 2.27. The first-order chi connectivity index (χ1) is 13.7. The van der Waals surface area contributed by atoms with Gasteiger partial charge in [-0.3, -0.25) is 4.21 Å². The summed E-state index contributed by atoms with van der Waals surface area (Å²) in [6, 6.07) is 7.21. The third-order valence-electron chi connectivity index (χ3n) is 4.45. The molecule has 0 aliphatic carbocycles. The van der Waals surface area contributed by atoms with Crippen molar-refractivity contribution in [2.75, 3.05) is 19.3 Å². The molecule has 2 heterocycles. The maximum Gasteiger partial charge on any atom is 0.410 e. The van der Waals surface area contributed by atoms with Crippen LogP contribution in [0.15, 0.2) is 33.7 Å². The average Bonchev–Trinajstić information content (AvgIpc) is 3.14. The average molecular weight is 422 g/mol. The van der Waals surface area contributed by atoms with Gasteiger partial charge in [0.05, 0.1) is 6.10 Å². The summed E-state index contributed by atoms with van der Waals surface area (Å²) in [5.41, 5.74) is 0.300. The molecular formula is C20H27N3O5S. The SMILES string of the molecule is CS(=O)c1ccc(-c2noc(COC3CCN(C(=O)OC(C)(C)C)CC3)n2)cc1. The maximum atomic E-state index is 12.1. The first-order valence-electron chi connectivity index (χ1n) is 9.57. The Morgan fingerprint density at radius 1 is 1.24 bits per heavy atom. The first-order valence-corrected chi connectivity index (χ1v) is 11.1. The summed E-state index contributed by atoms with van der Waals surface area (Å²) in [5, 5.41) is 3.98. The smallest absolute Gasteiger partial charge is 0.410 e. The minimum atomic E-state index is -1.02. The van der Waals surface area contributed by atoms with E-state index in [1.807, 2.05) is 32.9 Å². The number of rotatable bonds is 5. The molecule has 0 spiro atoms. The molecule has 1 fully saturated rings. The van der Waals surface area contributed by atoms with Crippen molar-refractivity contribution in [2.24, 2.45) is 0 Å². The van der Waals surface area contributed by atoms with Crippen LogP contribution in [-0.2, 0) is 26.9 Å². The molecule has 0 bridgehead atoms. The topological polar surface area (TPSA) is 94.8 Å². The van der Waals surface area contributed by atoms with E-state index >= 15 is 0 Å². The second-order valence-corrected chi connectivity index (χ2v) is 9.35. The van der Waals surface area contributed by atoms with Crippen LogP contribution in [0.4, 0.5) is 4.79 Å². The van der Waals surface area contributed by atoms with Crippen molar-refractivity contribution in [1.82, 2.24) is 15.0 Å². The summed E-state index contributed by atoms with van der Waals surface area (Å²) < 4.78 is 28.0. The van der Waals surface area contributed by atoms with E-state index in [-0.39, 0.29) is 18.8 Å². The van der Waals surface area contributed by atoms with Gasteiger partial charge in [-0.1, -0.05) is 5.16 Å². The van der Waals surface area contributed by atoms with Crippen molar-refractivity contribution in [3.8, 4) is 11.4 Å². The Morgan fingerprint density at radius 3 is 2.48 bits per heavy atom. The number of carbonyl (C=O) groups is 1. The van der Waals surface area contributed by atoms with Crippen molar-refractivity contribution in [2.45, 2.75) is 56.8 Å². The molecule has 29 heavy (non-hydrogen) atoms. The Balaban J connectivity index is 1.47. The summed E-state index contributed by atoms with van der Waals surface area (Å²) in [5.74, 6) is 0.870. The molecule has 1 amide bonds. The molecule has 1 aliphatic heterocycles. The summed E-state index contributed by atoms with van der Waals surface area (Å²) in [6.45, 7) is 7.00. The van der Waals surface area contributed by atoms with Crippen LogP contribution in [-0.4, -0.2) is 56.4 Å². The Labute approximate surface area is 173 Å². The summed E-state index contributed by atoms with van der Waals surface area (Å²) >= 11 is 0. The molecule has 0 N–H and O–H groups in total. The lowest BCUT2D eigenvalue weighted by atomic mass is 10.1. The number of amides is 1. The molecule has 1 aromatic carbocycles. The maximum absolute atomic E-state index is 12.1. The predicted molar refractivity (Wildman–Crippen MR) is 108 cm³/mol. The molecule has 1 atom stereocenters. The van der Waals surface area contributed by atoms with E-state index in [0.717, 1.165) is 23.3 Å². The van der Waals surface area contributed by atoms with E-state index in [9.17, 15) is 9.00 Å². The predicted octanol–water partition coefficient (Wildman–Crippen LogP) is 3.39. The van der Waals surface area contributed by atoms with Gasteiger partial charge in [0.25, 0.3) is 5.89 Å². The highest BCUT2D eigenvalue weighted by atomic mass is 32.2. The van der Waals surface area contributed by atoms with Gasteiger partial charge in [0.2, 0.25) is 5.82 Å². The van der Waals surface area contributed by atoms with Crippen molar-refractivity contribution >= 4 is 16.9 Å². The van der Waals surface area contributed by atoms with Gasteiger partial charge in [0, 0.05) is 40.6 Å². The fourth-order valence-corrected chi connectivity index (χ4v) is 3.47. The Kier molecular flexibility index (Phi) is 6.69. The van der Waals surface area contributed by atoms with E-state index in [4.69, 9.17) is 14.0 Å². The van der Waals surface area contributed by atoms with Crippen LogP contribution in [0.5, 0.6) is 0 Å². The van der Waals surface area contributed by atoms with Gasteiger partial charge in [-0.2, -0.15) is 4.98 Å². The fourth-order valence-electron chi connectivity index (χ4n) is 2.95. The van der Waals surface area contributed by atoms with Crippen molar-refractivity contribution < 1.29 is 23.0 Å². The zero-order chi connectivity index (χ0) is 21.0. The second kappa shape index (κ2) is 9.04. The van der Waals surface area contributed by atoms with Crippen LogP contribution in [0.1, 0.15) is 39.5 Å². The molecule has 9 heteroatoms. The lowest BCUT2D eigenvalue weighted by Crippen LogP contribution is -2.43. The lowest BCUT2D eigenvalue weighted by molar-refractivity contribution is -0.0231. The van der Waals surface area contributed by atoms with E-state index in [2.05, 4.69) is 10.1 Å². The van der Waals surface area contributed by atoms with Gasteiger partial charge in [0.1, 0.15) is 12.2 Å². The number of hydrogen-bond donors (Lipinski definition) is 0. The molecule has 1 aliphatic rings. The fraction of sp³-hybridized carbons (Fsp3) is 0.550. The number of benzene rings is 1. The molecule has 2 aromatic rings. The quantitative estimate of drug-likeness (QED) is 0.730. The van der Waals surface area contributed by atoms with Crippen molar-refractivity contribution in [3.63, 3.8) is 0 Å². The zero-order valence-electron chi connectivity index (χ0n) is 17.2. The monoisotopic (exact) mass is 421 g/mol. The van der Waals surface area contributed by atoms with Gasteiger partial charge in [0.15, 0.2) is 0 Å². The molecule has 3 rings (SSSR count). The second-order valence-electron chi connectivity index (χ2n) is 7.97. The van der Waals surface area contributed by atoms with Gasteiger partial charge < -0.3 is 18.9 Å². The van der Waals surface area contributed by atoms with E-state index in [0.29, 0.717) is 24.8 Å². The standard InChI is InChI=1S/C20H27N3O5S/c1-20(2,3)27-19(24)23-11-9-15(10-12-23)26-13-17-21-18(22-28-17)14-5-7-16(8-6-14)29(4)25/h5-8,15H,9-13H2,1-4H3. The van der Waals surface area contributed by atoms with Crippen LogP contribution < -0.4 is 0 Å². The van der Waals surface area contributed by atoms with Crippen LogP contribution in [0.3, 0.4) is 0 Å². The van der Waals surface area contributed by atoms with Gasteiger partial charge >= 0.3 is 6.09 Å². The Morgan fingerprint density at radius 2 is 1.90 bits per heavy atom. The number of carbonyl (C=O) groups excluding carboxylic acids is 1. The molecule has 0 saturated carbocycles. The third-order valence-corrected chi connectivity index (χ3v) is 5.38. The van der Waals surface area contributed by atoms with Crippen LogP contribution in [0, 0.1) is 0 Å². The molecule has 1 aromatic heterocycles. The minimum absolute atomic E-state index is 0.0304. The molecule has 0 radical (unpaired) electrons. The number of likely N-dealkylation sites (tertiary alicyclic amines) is 1. The lowest BCUT2D eigenvalue weighted by Gasteiger charge is -2.33. The minimum Gasteiger partial charge on any atom is -0.444 e. The molecule has 158 valence electrons. The number of hydrogen-bond acceptors (Lipinski definition) is 7. The van der Waals surface area contributed by atoms with Crippen LogP contribution in [0.25, 0.3) is 11.4 Å². The van der Waals surface area contributed by atoms with E-state index in [1.165, 1.54) is 0 Å². The van der Waals surface area contributed by atoms with Gasteiger partial charge in [-0.25, -0.2) is 4.79 Å². The number of piperidine rings is 1. The van der Waals surface area contributed by atoms with Gasteiger partial charge in [-0.15, -0.1) is 0 Å². The summed E-state index contributed by atoms with van der Waals surface area (Å²) in [7, 11) is -1.02. The summed E-state index contributed by atoms with van der Waals surface area (Å²) in [6.07, 6.45) is 2.85. The Bertz CT molecular complexity index is 852. The zero-order valence-corrected chi connectivity index (χ0v) is 18.0. The van der Waals surface area contributed by atoms with Crippen molar-refractivity contribution in [3.05, 3.63) is 30.2 Å². The normalized spacial score (nSPS) is 16.6. The Hall–Kier alpha value is -2.26. The van der Waals surface area contributed by atoms with E-state index in [1.54, 1.807) is 23.3 Å². The molecule has 1 unspecified atom stereocenters. The number of aromatic nitrogens is 2.